The van der Waals surface area contributed by atoms with Crippen molar-refractivity contribution < 1.29 is 0 Å². The largest absolute Gasteiger partial charge is 0.316 e. The number of aryl methyl sites for hydroxylation is 2. The predicted molar refractivity (Wildman–Crippen MR) is 44.3 cm³/mol. The Labute approximate surface area is 66.8 Å². The van der Waals surface area contributed by atoms with Gasteiger partial charge in [-0.15, -0.1) is 0 Å². The Kier molecular flexibility index (Phi) is 2.54. The molecule has 0 aliphatic rings. The first kappa shape index (κ1) is 8.14. The van der Waals surface area contributed by atoms with E-state index in [4.69, 9.17) is 0 Å². The minimum absolute atomic E-state index is 0.863. The molecule has 0 atom stereocenters. The van der Waals surface area contributed by atoms with Crippen LogP contribution in [0.5, 0.6) is 0 Å². The molecule has 0 aliphatic heterocycles. The van der Waals surface area contributed by atoms with Crippen LogP contribution in [-0.4, -0.2) is 17.2 Å². The molecule has 0 unspecified atom stereocenters. The van der Waals surface area contributed by atoms with Crippen LogP contribution in [0.1, 0.15) is 17.0 Å². The molecule has 0 amide bonds. The van der Waals surface area contributed by atoms with Crippen LogP contribution in [0.3, 0.4) is 0 Å². The van der Waals surface area contributed by atoms with Gasteiger partial charge in [-0.25, -0.2) is 0 Å². The third-order valence-corrected chi connectivity index (χ3v) is 1.57. The summed E-state index contributed by atoms with van der Waals surface area (Å²) in [5, 5.41) is 11.0. The predicted octanol–water partition coefficient (Wildman–Crippen LogP) is 0.813. The molecule has 0 aromatic carbocycles. The van der Waals surface area contributed by atoms with Gasteiger partial charge in [0, 0.05) is 6.54 Å². The van der Waals surface area contributed by atoms with E-state index in [0.29, 0.717) is 0 Å². The lowest BCUT2D eigenvalue weighted by Gasteiger charge is -2.02. The number of hydrogen-bond donors (Lipinski definition) is 1. The molecule has 3 heteroatoms. The molecular weight excluding hydrogens is 138 g/mol. The molecule has 0 radical (unpaired) electrons. The van der Waals surface area contributed by atoms with Crippen molar-refractivity contribution in [2.24, 2.45) is 0 Å². The van der Waals surface area contributed by atoms with E-state index in [9.17, 15) is 0 Å². The van der Waals surface area contributed by atoms with Crippen LogP contribution in [0.4, 0.5) is 0 Å². The van der Waals surface area contributed by atoms with Gasteiger partial charge < -0.3 is 5.32 Å². The molecule has 1 aromatic rings. The summed E-state index contributed by atoms with van der Waals surface area (Å²) >= 11 is 0. The second kappa shape index (κ2) is 3.44. The maximum absolute atomic E-state index is 4.01. The van der Waals surface area contributed by atoms with E-state index in [1.54, 1.807) is 0 Å². The summed E-state index contributed by atoms with van der Waals surface area (Å²) in [7, 11) is 1.93. The third-order valence-electron chi connectivity index (χ3n) is 1.57. The molecule has 3 nitrogen and oxygen atoms in total. The van der Waals surface area contributed by atoms with Gasteiger partial charge in [-0.05, 0) is 32.5 Å². The Morgan fingerprint density at radius 3 is 2.73 bits per heavy atom. The van der Waals surface area contributed by atoms with E-state index < -0.39 is 0 Å². The second-order valence-electron chi connectivity index (χ2n) is 2.63. The highest BCUT2D eigenvalue weighted by Crippen LogP contribution is 2.03. The first-order chi connectivity index (χ1) is 5.24. The highest BCUT2D eigenvalue weighted by Gasteiger charge is 1.98. The van der Waals surface area contributed by atoms with Crippen LogP contribution in [-0.2, 0) is 6.54 Å². The summed E-state index contributed by atoms with van der Waals surface area (Å²) in [6.45, 7) is 4.78. The van der Waals surface area contributed by atoms with Gasteiger partial charge >= 0.3 is 0 Å². The first-order valence-corrected chi connectivity index (χ1v) is 3.68. The maximum atomic E-state index is 4.01. The quantitative estimate of drug-likeness (QED) is 0.679. The Hall–Kier alpha value is -0.960. The number of hydrogen-bond acceptors (Lipinski definition) is 3. The van der Waals surface area contributed by atoms with Gasteiger partial charge in [-0.1, -0.05) is 0 Å². The fourth-order valence-electron chi connectivity index (χ4n) is 0.973. The summed E-state index contributed by atoms with van der Waals surface area (Å²) in [4.78, 5) is 0. The summed E-state index contributed by atoms with van der Waals surface area (Å²) in [5.74, 6) is 0. The van der Waals surface area contributed by atoms with Crippen LogP contribution < -0.4 is 5.32 Å². The van der Waals surface area contributed by atoms with Gasteiger partial charge in [0.2, 0.25) is 0 Å². The molecule has 1 aromatic heterocycles. The monoisotopic (exact) mass is 151 g/mol. The molecule has 0 bridgehead atoms. The van der Waals surface area contributed by atoms with Crippen LogP contribution >= 0.6 is 0 Å². The topological polar surface area (TPSA) is 37.8 Å². The van der Waals surface area contributed by atoms with Crippen LogP contribution in [0.25, 0.3) is 0 Å². The van der Waals surface area contributed by atoms with Gasteiger partial charge in [0.25, 0.3) is 0 Å². The van der Waals surface area contributed by atoms with E-state index in [1.165, 1.54) is 5.56 Å². The standard InChI is InChI=1S/C8H13N3/c1-6-4-8(5-9-3)7(2)11-10-6/h4,9H,5H2,1-3H3. The fourth-order valence-corrected chi connectivity index (χ4v) is 0.973. The maximum Gasteiger partial charge on any atom is 0.0645 e. The Balaban J connectivity index is 2.93. The lowest BCUT2D eigenvalue weighted by Crippen LogP contribution is -2.08. The zero-order valence-electron chi connectivity index (χ0n) is 7.18. The van der Waals surface area contributed by atoms with E-state index in [0.717, 1.165) is 17.9 Å². The van der Waals surface area contributed by atoms with Crippen LogP contribution in [0.15, 0.2) is 6.07 Å². The van der Waals surface area contributed by atoms with E-state index in [1.807, 2.05) is 20.9 Å². The van der Waals surface area contributed by atoms with E-state index >= 15 is 0 Å². The number of nitrogens with zero attached hydrogens (tertiary/aromatic N) is 2. The Bertz CT molecular complexity index is 245. The van der Waals surface area contributed by atoms with Crippen LogP contribution in [0.2, 0.25) is 0 Å². The first-order valence-electron chi connectivity index (χ1n) is 3.68. The highest BCUT2D eigenvalue weighted by molar-refractivity contribution is 5.19. The zero-order chi connectivity index (χ0) is 8.27. The molecule has 1 N–H and O–H groups in total. The van der Waals surface area contributed by atoms with Crippen molar-refractivity contribution in [2.45, 2.75) is 20.4 Å². The average Bonchev–Trinajstić information content (AvgIpc) is 1.98. The Morgan fingerprint density at radius 2 is 2.09 bits per heavy atom. The van der Waals surface area contributed by atoms with Crippen molar-refractivity contribution in [3.8, 4) is 0 Å². The molecule has 0 spiro atoms. The van der Waals surface area contributed by atoms with Gasteiger partial charge in [0.15, 0.2) is 0 Å². The van der Waals surface area contributed by atoms with Gasteiger partial charge in [0.05, 0.1) is 11.4 Å². The lowest BCUT2D eigenvalue weighted by molar-refractivity contribution is 0.786. The molecule has 60 valence electrons. The molecule has 0 saturated carbocycles. The van der Waals surface area contributed by atoms with Crippen molar-refractivity contribution in [1.82, 2.24) is 15.5 Å². The van der Waals surface area contributed by atoms with Crippen molar-refractivity contribution in [1.29, 1.82) is 0 Å². The Morgan fingerprint density at radius 1 is 1.36 bits per heavy atom. The fraction of sp³-hybridized carbons (Fsp3) is 0.500. The normalized spacial score (nSPS) is 10.1. The van der Waals surface area contributed by atoms with Crippen molar-refractivity contribution in [3.05, 3.63) is 23.0 Å². The van der Waals surface area contributed by atoms with Gasteiger partial charge in [0.1, 0.15) is 0 Å². The number of nitrogens with one attached hydrogen (secondary N) is 1. The van der Waals surface area contributed by atoms with E-state index in [2.05, 4.69) is 21.6 Å². The summed E-state index contributed by atoms with van der Waals surface area (Å²) < 4.78 is 0. The SMILES string of the molecule is CNCc1cc(C)nnc1C. The summed E-state index contributed by atoms with van der Waals surface area (Å²) in [6, 6.07) is 2.05. The molecule has 11 heavy (non-hydrogen) atoms. The lowest BCUT2D eigenvalue weighted by atomic mass is 10.2. The molecule has 0 saturated heterocycles. The highest BCUT2D eigenvalue weighted by atomic mass is 15.1. The number of rotatable bonds is 2. The molecule has 0 fully saturated rings. The second-order valence-corrected chi connectivity index (χ2v) is 2.63. The molecule has 0 aliphatic carbocycles. The summed E-state index contributed by atoms with van der Waals surface area (Å²) in [5.41, 5.74) is 3.20. The number of aromatic nitrogens is 2. The smallest absolute Gasteiger partial charge is 0.0645 e. The molecule has 1 heterocycles. The zero-order valence-corrected chi connectivity index (χ0v) is 7.18. The third kappa shape index (κ3) is 1.98. The molecular formula is C8H13N3. The molecule has 1 rings (SSSR count). The van der Waals surface area contributed by atoms with Crippen molar-refractivity contribution in [3.63, 3.8) is 0 Å². The van der Waals surface area contributed by atoms with Crippen LogP contribution in [0, 0.1) is 13.8 Å². The average molecular weight is 151 g/mol. The minimum Gasteiger partial charge on any atom is -0.316 e. The van der Waals surface area contributed by atoms with Crippen molar-refractivity contribution >= 4 is 0 Å². The minimum atomic E-state index is 0.863. The summed E-state index contributed by atoms with van der Waals surface area (Å²) in [6.07, 6.45) is 0. The van der Waals surface area contributed by atoms with Gasteiger partial charge in [-0.2, -0.15) is 10.2 Å². The van der Waals surface area contributed by atoms with E-state index in [-0.39, 0.29) is 0 Å². The van der Waals surface area contributed by atoms with Crippen molar-refractivity contribution in [2.75, 3.05) is 7.05 Å². The van der Waals surface area contributed by atoms with Gasteiger partial charge in [-0.3, -0.25) is 0 Å².